The Bertz CT molecular complexity index is 273. The molecule has 0 aromatic carbocycles. The van der Waals surface area contributed by atoms with Crippen molar-refractivity contribution in [2.45, 2.75) is 32.1 Å². The average molecular weight is 257 g/mol. The zero-order valence-corrected chi connectivity index (χ0v) is 11.5. The normalized spacial score (nSPS) is 26.6. The zero-order chi connectivity index (χ0) is 12.3. The lowest BCUT2D eigenvalue weighted by Crippen LogP contribution is -2.36. The number of hydrogen-bond donors (Lipinski definition) is 1. The number of nitrogens with zero attached hydrogens (tertiary/aromatic N) is 1. The summed E-state index contributed by atoms with van der Waals surface area (Å²) in [6.07, 6.45) is 5.34. The summed E-state index contributed by atoms with van der Waals surface area (Å²) in [5.74, 6) is 1.66. The van der Waals surface area contributed by atoms with Crippen molar-refractivity contribution >= 4 is 18.5 Å². The van der Waals surface area contributed by atoms with Gasteiger partial charge in [-0.05, 0) is 42.8 Å². The second kappa shape index (κ2) is 5.61. The molecule has 0 aromatic rings. The van der Waals surface area contributed by atoms with E-state index >= 15 is 0 Å². The van der Waals surface area contributed by atoms with Crippen molar-refractivity contribution < 1.29 is 9.53 Å². The molecule has 4 heteroatoms. The fraction of sp³-hybridized carbons (Fsp3) is 0.923. The molecular formula is C13H23NO2S. The standard InChI is InChI=1S/C13H23NO2S/c1-14(8-11-3-2-6-16-9-11)12(15)7-13(10-17)4-5-13/h11,17H,2-10H2,1H3. The summed E-state index contributed by atoms with van der Waals surface area (Å²) in [7, 11) is 1.92. The molecule has 17 heavy (non-hydrogen) atoms. The van der Waals surface area contributed by atoms with E-state index < -0.39 is 0 Å². The Morgan fingerprint density at radius 2 is 2.29 bits per heavy atom. The van der Waals surface area contributed by atoms with E-state index in [4.69, 9.17) is 4.74 Å². The van der Waals surface area contributed by atoms with Crippen LogP contribution in [-0.4, -0.2) is 43.4 Å². The monoisotopic (exact) mass is 257 g/mol. The van der Waals surface area contributed by atoms with Crippen molar-refractivity contribution in [3.8, 4) is 0 Å². The third kappa shape index (κ3) is 3.62. The number of rotatable bonds is 5. The lowest BCUT2D eigenvalue weighted by Gasteiger charge is -2.28. The van der Waals surface area contributed by atoms with Crippen molar-refractivity contribution in [1.82, 2.24) is 4.90 Å². The molecular weight excluding hydrogens is 234 g/mol. The van der Waals surface area contributed by atoms with Gasteiger partial charge in [0.1, 0.15) is 0 Å². The number of carbonyl (C=O) groups excluding carboxylic acids is 1. The minimum Gasteiger partial charge on any atom is -0.381 e. The SMILES string of the molecule is CN(CC1CCCOC1)C(=O)CC1(CS)CC1. The van der Waals surface area contributed by atoms with Crippen LogP contribution in [0, 0.1) is 11.3 Å². The molecule has 2 aliphatic rings. The van der Waals surface area contributed by atoms with E-state index in [9.17, 15) is 4.79 Å². The van der Waals surface area contributed by atoms with Crippen LogP contribution in [0.5, 0.6) is 0 Å². The Morgan fingerprint density at radius 1 is 1.53 bits per heavy atom. The van der Waals surface area contributed by atoms with Gasteiger partial charge in [0.25, 0.3) is 0 Å². The minimum absolute atomic E-state index is 0.234. The second-order valence-corrected chi connectivity index (χ2v) is 6.01. The average Bonchev–Trinajstić information content (AvgIpc) is 3.11. The Hall–Kier alpha value is -0.220. The first-order chi connectivity index (χ1) is 8.15. The van der Waals surface area contributed by atoms with Crippen LogP contribution < -0.4 is 0 Å². The minimum atomic E-state index is 0.234. The summed E-state index contributed by atoms with van der Waals surface area (Å²) in [4.78, 5) is 14.0. The van der Waals surface area contributed by atoms with Gasteiger partial charge in [-0.15, -0.1) is 0 Å². The van der Waals surface area contributed by atoms with Crippen molar-refractivity contribution in [2.24, 2.45) is 11.3 Å². The molecule has 1 saturated heterocycles. The van der Waals surface area contributed by atoms with Crippen LogP contribution >= 0.6 is 12.6 Å². The molecule has 0 spiro atoms. The maximum Gasteiger partial charge on any atom is 0.222 e. The third-order valence-electron chi connectivity index (χ3n) is 4.03. The molecule has 1 atom stereocenters. The number of amides is 1. The molecule has 1 aliphatic heterocycles. The number of ether oxygens (including phenoxy) is 1. The molecule has 2 fully saturated rings. The Labute approximate surface area is 109 Å². The first-order valence-corrected chi connectivity index (χ1v) is 7.21. The van der Waals surface area contributed by atoms with Gasteiger partial charge in [-0.1, -0.05) is 0 Å². The Balaban J connectivity index is 1.74. The molecule has 98 valence electrons. The van der Waals surface area contributed by atoms with E-state index in [1.165, 1.54) is 19.3 Å². The van der Waals surface area contributed by atoms with Gasteiger partial charge in [0.2, 0.25) is 5.91 Å². The highest BCUT2D eigenvalue weighted by Crippen LogP contribution is 2.49. The van der Waals surface area contributed by atoms with Crippen LogP contribution in [0.15, 0.2) is 0 Å². The zero-order valence-electron chi connectivity index (χ0n) is 10.7. The van der Waals surface area contributed by atoms with Gasteiger partial charge in [-0.3, -0.25) is 4.79 Å². The number of thiol groups is 1. The van der Waals surface area contributed by atoms with Crippen LogP contribution in [0.3, 0.4) is 0 Å². The molecule has 2 rings (SSSR count). The summed E-state index contributed by atoms with van der Waals surface area (Å²) in [5.41, 5.74) is 0.234. The summed E-state index contributed by atoms with van der Waals surface area (Å²) in [6.45, 7) is 2.55. The van der Waals surface area contributed by atoms with Gasteiger partial charge in [-0.2, -0.15) is 12.6 Å². The molecule has 1 aliphatic carbocycles. The molecule has 1 unspecified atom stereocenters. The molecule has 1 amide bonds. The van der Waals surface area contributed by atoms with E-state index in [2.05, 4.69) is 12.6 Å². The maximum atomic E-state index is 12.1. The van der Waals surface area contributed by atoms with Gasteiger partial charge >= 0.3 is 0 Å². The third-order valence-corrected chi connectivity index (χ3v) is 4.70. The van der Waals surface area contributed by atoms with Crippen molar-refractivity contribution in [2.75, 3.05) is 32.6 Å². The van der Waals surface area contributed by atoms with Gasteiger partial charge in [-0.25, -0.2) is 0 Å². The smallest absolute Gasteiger partial charge is 0.222 e. The van der Waals surface area contributed by atoms with Gasteiger partial charge in [0.05, 0.1) is 6.61 Å². The van der Waals surface area contributed by atoms with Crippen LogP contribution in [0.25, 0.3) is 0 Å². The van der Waals surface area contributed by atoms with Crippen LogP contribution in [0.4, 0.5) is 0 Å². The molecule has 0 bridgehead atoms. The number of hydrogen-bond acceptors (Lipinski definition) is 3. The quantitative estimate of drug-likeness (QED) is 0.763. The predicted octanol–water partition coefficient (Wildman–Crippen LogP) is 1.97. The van der Waals surface area contributed by atoms with E-state index in [1.807, 2.05) is 11.9 Å². The van der Waals surface area contributed by atoms with Crippen LogP contribution in [-0.2, 0) is 9.53 Å². The summed E-state index contributed by atoms with van der Waals surface area (Å²) < 4.78 is 5.45. The molecule has 0 radical (unpaired) electrons. The highest BCUT2D eigenvalue weighted by atomic mass is 32.1. The van der Waals surface area contributed by atoms with Crippen molar-refractivity contribution in [3.05, 3.63) is 0 Å². The highest BCUT2D eigenvalue weighted by Gasteiger charge is 2.43. The van der Waals surface area contributed by atoms with E-state index in [0.717, 1.165) is 31.9 Å². The van der Waals surface area contributed by atoms with E-state index in [0.29, 0.717) is 12.3 Å². The first-order valence-electron chi connectivity index (χ1n) is 6.58. The first kappa shape index (κ1) is 13.2. The highest BCUT2D eigenvalue weighted by molar-refractivity contribution is 7.80. The van der Waals surface area contributed by atoms with Crippen molar-refractivity contribution in [1.29, 1.82) is 0 Å². The number of carbonyl (C=O) groups is 1. The molecule has 1 saturated carbocycles. The fourth-order valence-corrected chi connectivity index (χ4v) is 2.89. The van der Waals surface area contributed by atoms with Gasteiger partial charge < -0.3 is 9.64 Å². The predicted molar refractivity (Wildman–Crippen MR) is 71.3 cm³/mol. The topological polar surface area (TPSA) is 29.5 Å². The molecule has 3 nitrogen and oxygen atoms in total. The van der Waals surface area contributed by atoms with Gasteiger partial charge in [0.15, 0.2) is 0 Å². The maximum absolute atomic E-state index is 12.1. The Morgan fingerprint density at radius 3 is 2.82 bits per heavy atom. The van der Waals surface area contributed by atoms with Crippen LogP contribution in [0.2, 0.25) is 0 Å². The van der Waals surface area contributed by atoms with E-state index in [-0.39, 0.29) is 11.3 Å². The summed E-state index contributed by atoms with van der Waals surface area (Å²) >= 11 is 4.35. The molecule has 1 heterocycles. The van der Waals surface area contributed by atoms with Crippen LogP contribution in [0.1, 0.15) is 32.1 Å². The van der Waals surface area contributed by atoms with Gasteiger partial charge in [0, 0.05) is 26.6 Å². The molecule has 0 N–H and O–H groups in total. The van der Waals surface area contributed by atoms with E-state index in [1.54, 1.807) is 0 Å². The fourth-order valence-electron chi connectivity index (χ4n) is 2.46. The Kier molecular flexibility index (Phi) is 4.36. The summed E-state index contributed by atoms with van der Waals surface area (Å²) in [6, 6.07) is 0. The lowest BCUT2D eigenvalue weighted by atomic mass is 10.0. The molecule has 0 aromatic heterocycles. The van der Waals surface area contributed by atoms with Crippen molar-refractivity contribution in [3.63, 3.8) is 0 Å². The lowest BCUT2D eigenvalue weighted by molar-refractivity contribution is -0.132. The second-order valence-electron chi connectivity index (χ2n) is 5.69. The largest absolute Gasteiger partial charge is 0.381 e. The summed E-state index contributed by atoms with van der Waals surface area (Å²) in [5, 5.41) is 0.